The van der Waals surface area contributed by atoms with Crippen molar-refractivity contribution in [3.63, 3.8) is 0 Å². The van der Waals surface area contributed by atoms with Crippen LogP contribution in [0.3, 0.4) is 0 Å². The van der Waals surface area contributed by atoms with E-state index in [2.05, 4.69) is 0 Å². The number of carbonyl (C=O) groups is 1. The van der Waals surface area contributed by atoms with Gasteiger partial charge >= 0.3 is 5.97 Å². The van der Waals surface area contributed by atoms with E-state index < -0.39 is 11.8 Å². The number of hydrogen-bond donors (Lipinski definition) is 1. The molecule has 0 bridgehead atoms. The smallest absolute Gasteiger partial charge is 0.335 e. The van der Waals surface area contributed by atoms with E-state index in [0.717, 1.165) is 0 Å². The molecule has 0 saturated heterocycles. The van der Waals surface area contributed by atoms with Crippen molar-refractivity contribution in [1.82, 2.24) is 0 Å². The molecule has 0 unspecified atom stereocenters. The van der Waals surface area contributed by atoms with Crippen molar-refractivity contribution in [3.8, 4) is 16.9 Å². The van der Waals surface area contributed by atoms with Gasteiger partial charge in [0.15, 0.2) is 11.6 Å². The number of benzene rings is 2. The van der Waals surface area contributed by atoms with Crippen LogP contribution in [0.4, 0.5) is 4.39 Å². The number of carboxylic acid groups (broad SMARTS) is 1. The van der Waals surface area contributed by atoms with Crippen molar-refractivity contribution in [2.45, 2.75) is 6.92 Å². The second-order valence-corrected chi connectivity index (χ2v) is 3.93. The first-order valence-corrected chi connectivity index (χ1v) is 5.88. The lowest BCUT2D eigenvalue weighted by Crippen LogP contribution is -1.97. The lowest BCUT2D eigenvalue weighted by Gasteiger charge is -2.09. The monoisotopic (exact) mass is 260 g/mol. The summed E-state index contributed by atoms with van der Waals surface area (Å²) in [5.41, 5.74) is 1.18. The van der Waals surface area contributed by atoms with Crippen molar-refractivity contribution in [3.05, 3.63) is 53.8 Å². The van der Waals surface area contributed by atoms with Crippen LogP contribution in [0, 0.1) is 5.82 Å². The Balaban J connectivity index is 2.41. The topological polar surface area (TPSA) is 46.5 Å². The molecule has 0 atom stereocenters. The predicted octanol–water partition coefficient (Wildman–Crippen LogP) is 3.59. The molecule has 0 saturated carbocycles. The molecule has 0 aliphatic rings. The quantitative estimate of drug-likeness (QED) is 0.913. The largest absolute Gasteiger partial charge is 0.491 e. The van der Waals surface area contributed by atoms with Gasteiger partial charge in [0.1, 0.15) is 0 Å². The molecule has 0 aromatic heterocycles. The van der Waals surface area contributed by atoms with Gasteiger partial charge in [0, 0.05) is 5.56 Å². The highest BCUT2D eigenvalue weighted by atomic mass is 19.1. The van der Waals surface area contributed by atoms with Crippen molar-refractivity contribution >= 4 is 5.97 Å². The zero-order valence-corrected chi connectivity index (χ0v) is 10.4. The Morgan fingerprint density at radius 1 is 1.21 bits per heavy atom. The van der Waals surface area contributed by atoms with Gasteiger partial charge in [-0.3, -0.25) is 0 Å². The third-order valence-corrected chi connectivity index (χ3v) is 2.71. The number of rotatable bonds is 4. The third-order valence-electron chi connectivity index (χ3n) is 2.71. The summed E-state index contributed by atoms with van der Waals surface area (Å²) < 4.78 is 19.4. The fraction of sp³-hybridized carbons (Fsp3) is 0.133. The number of halogens is 1. The lowest BCUT2D eigenvalue weighted by atomic mass is 10.0. The van der Waals surface area contributed by atoms with Gasteiger partial charge in [0.05, 0.1) is 12.2 Å². The SMILES string of the molecule is CCOc1cccc(-c2ccc(C(=O)O)cc2)c1F. The molecule has 2 aromatic rings. The second-order valence-electron chi connectivity index (χ2n) is 3.93. The van der Waals surface area contributed by atoms with Crippen LogP contribution in [0.25, 0.3) is 11.1 Å². The molecule has 0 heterocycles. The highest BCUT2D eigenvalue weighted by molar-refractivity contribution is 5.88. The van der Waals surface area contributed by atoms with Crippen LogP contribution in [-0.2, 0) is 0 Å². The molecule has 19 heavy (non-hydrogen) atoms. The summed E-state index contributed by atoms with van der Waals surface area (Å²) in [5, 5.41) is 8.82. The van der Waals surface area contributed by atoms with E-state index in [-0.39, 0.29) is 11.3 Å². The van der Waals surface area contributed by atoms with E-state index in [9.17, 15) is 9.18 Å². The van der Waals surface area contributed by atoms with Crippen molar-refractivity contribution in [1.29, 1.82) is 0 Å². The van der Waals surface area contributed by atoms with E-state index in [1.54, 1.807) is 37.3 Å². The standard InChI is InChI=1S/C15H13FO3/c1-2-19-13-5-3-4-12(14(13)16)10-6-8-11(9-7-10)15(17)18/h3-9H,2H2,1H3,(H,17,18). The first-order valence-electron chi connectivity index (χ1n) is 5.88. The Hall–Kier alpha value is -2.36. The summed E-state index contributed by atoms with van der Waals surface area (Å²) in [6.45, 7) is 2.17. The molecule has 0 aliphatic carbocycles. The minimum atomic E-state index is -1.00. The van der Waals surface area contributed by atoms with Gasteiger partial charge in [-0.25, -0.2) is 9.18 Å². The fourth-order valence-electron chi connectivity index (χ4n) is 1.79. The third kappa shape index (κ3) is 2.73. The molecule has 1 N–H and O–H groups in total. The lowest BCUT2D eigenvalue weighted by molar-refractivity contribution is 0.0697. The minimum absolute atomic E-state index is 0.171. The summed E-state index contributed by atoms with van der Waals surface area (Å²) in [6.07, 6.45) is 0. The first-order chi connectivity index (χ1) is 9.13. The maximum absolute atomic E-state index is 14.2. The van der Waals surface area contributed by atoms with Gasteiger partial charge in [-0.05, 0) is 30.7 Å². The van der Waals surface area contributed by atoms with E-state index in [1.165, 1.54) is 12.1 Å². The Morgan fingerprint density at radius 2 is 1.89 bits per heavy atom. The van der Waals surface area contributed by atoms with E-state index in [1.807, 2.05) is 0 Å². The maximum atomic E-state index is 14.2. The molecule has 98 valence electrons. The summed E-state index contributed by atoms with van der Waals surface area (Å²) in [5.74, 6) is -1.25. The molecule has 2 rings (SSSR count). The molecule has 4 heteroatoms. The van der Waals surface area contributed by atoms with Gasteiger partial charge in [-0.1, -0.05) is 24.3 Å². The van der Waals surface area contributed by atoms with Crippen LogP contribution in [0.1, 0.15) is 17.3 Å². The molecule has 3 nitrogen and oxygen atoms in total. The van der Waals surface area contributed by atoms with Gasteiger partial charge in [0.25, 0.3) is 0 Å². The zero-order chi connectivity index (χ0) is 13.8. The maximum Gasteiger partial charge on any atom is 0.335 e. The molecule has 0 radical (unpaired) electrons. The number of carboxylic acids is 1. The number of ether oxygens (including phenoxy) is 1. The Morgan fingerprint density at radius 3 is 2.47 bits per heavy atom. The average molecular weight is 260 g/mol. The van der Waals surface area contributed by atoms with E-state index >= 15 is 0 Å². The molecule has 2 aromatic carbocycles. The summed E-state index contributed by atoms with van der Waals surface area (Å²) in [6, 6.07) is 11.0. The highest BCUT2D eigenvalue weighted by Crippen LogP contribution is 2.29. The van der Waals surface area contributed by atoms with Crippen LogP contribution in [0.2, 0.25) is 0 Å². The molecule has 0 aliphatic heterocycles. The summed E-state index contributed by atoms with van der Waals surface area (Å²) >= 11 is 0. The fourth-order valence-corrected chi connectivity index (χ4v) is 1.79. The Labute approximate surface area is 110 Å². The van der Waals surface area contributed by atoms with Gasteiger partial charge < -0.3 is 9.84 Å². The molecule has 0 fully saturated rings. The minimum Gasteiger partial charge on any atom is -0.491 e. The van der Waals surface area contributed by atoms with Gasteiger partial charge in [0.2, 0.25) is 0 Å². The normalized spacial score (nSPS) is 10.2. The first kappa shape index (κ1) is 13.1. The molecule has 0 amide bonds. The zero-order valence-electron chi connectivity index (χ0n) is 10.4. The number of hydrogen-bond acceptors (Lipinski definition) is 2. The van der Waals surface area contributed by atoms with Crippen LogP contribution in [-0.4, -0.2) is 17.7 Å². The predicted molar refractivity (Wildman–Crippen MR) is 70.0 cm³/mol. The molecular formula is C15H13FO3. The van der Waals surface area contributed by atoms with Gasteiger partial charge in [-0.2, -0.15) is 0 Å². The summed E-state index contributed by atoms with van der Waals surface area (Å²) in [7, 11) is 0. The van der Waals surface area contributed by atoms with Crippen LogP contribution in [0.15, 0.2) is 42.5 Å². The average Bonchev–Trinajstić information content (AvgIpc) is 2.41. The highest BCUT2D eigenvalue weighted by Gasteiger charge is 2.11. The van der Waals surface area contributed by atoms with E-state index in [4.69, 9.17) is 9.84 Å². The van der Waals surface area contributed by atoms with Crippen molar-refractivity contribution < 1.29 is 19.0 Å². The Bertz CT molecular complexity index is 591. The molecular weight excluding hydrogens is 247 g/mol. The van der Waals surface area contributed by atoms with Crippen LogP contribution < -0.4 is 4.74 Å². The second kappa shape index (κ2) is 5.52. The summed E-state index contributed by atoms with van der Waals surface area (Å²) in [4.78, 5) is 10.8. The number of aromatic carboxylic acids is 1. The van der Waals surface area contributed by atoms with Crippen LogP contribution >= 0.6 is 0 Å². The van der Waals surface area contributed by atoms with E-state index in [0.29, 0.717) is 17.7 Å². The van der Waals surface area contributed by atoms with Crippen molar-refractivity contribution in [2.24, 2.45) is 0 Å². The van der Waals surface area contributed by atoms with Crippen molar-refractivity contribution in [2.75, 3.05) is 6.61 Å². The van der Waals surface area contributed by atoms with Crippen LogP contribution in [0.5, 0.6) is 5.75 Å². The Kier molecular flexibility index (Phi) is 3.80. The molecule has 0 spiro atoms. The van der Waals surface area contributed by atoms with Gasteiger partial charge in [-0.15, -0.1) is 0 Å².